The Morgan fingerprint density at radius 2 is 1.78 bits per heavy atom. The summed E-state index contributed by atoms with van der Waals surface area (Å²) in [5.74, 6) is -5.39. The molecule has 1 aromatic rings. The Balaban J connectivity index is 0.00000182. The number of rotatable bonds is 3. The summed E-state index contributed by atoms with van der Waals surface area (Å²) in [6.07, 6.45) is -1.20. The van der Waals surface area contributed by atoms with Crippen LogP contribution in [0.25, 0.3) is 0 Å². The number of hydrogen-bond donors (Lipinski definition) is 1. The van der Waals surface area contributed by atoms with Crippen LogP contribution < -0.4 is 4.90 Å². The van der Waals surface area contributed by atoms with Crippen molar-refractivity contribution in [2.75, 3.05) is 31.1 Å². The van der Waals surface area contributed by atoms with Gasteiger partial charge in [-0.2, -0.15) is 13.2 Å². The quantitative estimate of drug-likeness (QED) is 0.799. The first-order chi connectivity index (χ1) is 11.8. The summed E-state index contributed by atoms with van der Waals surface area (Å²) >= 11 is 0. The van der Waals surface area contributed by atoms with E-state index in [2.05, 4.69) is 4.98 Å². The minimum atomic E-state index is -4.66. The third kappa shape index (κ3) is 4.76. The summed E-state index contributed by atoms with van der Waals surface area (Å²) in [6, 6.07) is 3.08. The molecule has 2 atom stereocenters. The van der Waals surface area contributed by atoms with Gasteiger partial charge in [-0.3, -0.25) is 9.59 Å². The third-order valence-electron chi connectivity index (χ3n) is 4.77. The summed E-state index contributed by atoms with van der Waals surface area (Å²) in [5, 5.41) is 9.09. The normalized spacial score (nSPS) is 22.2. The van der Waals surface area contributed by atoms with Crippen LogP contribution in [0.3, 0.4) is 0 Å². The average Bonchev–Trinajstić information content (AvgIpc) is 3.23. The van der Waals surface area contributed by atoms with Gasteiger partial charge in [0.1, 0.15) is 5.82 Å². The largest absolute Gasteiger partial charge is 0.481 e. The van der Waals surface area contributed by atoms with Crippen molar-refractivity contribution in [2.45, 2.75) is 19.0 Å². The van der Waals surface area contributed by atoms with E-state index in [0.717, 1.165) is 30.8 Å². The molecule has 2 aliphatic rings. The van der Waals surface area contributed by atoms with Crippen molar-refractivity contribution in [1.29, 1.82) is 0 Å². The van der Waals surface area contributed by atoms with Gasteiger partial charge in [0.25, 0.3) is 5.91 Å². The molecule has 3 heterocycles. The van der Waals surface area contributed by atoms with Crippen LogP contribution in [0.4, 0.5) is 19.0 Å². The number of likely N-dealkylation sites (tertiary alicyclic amines) is 1. The molecule has 2 aliphatic heterocycles. The Morgan fingerprint density at radius 3 is 2.30 bits per heavy atom. The zero-order chi connectivity index (χ0) is 18.2. The fourth-order valence-corrected chi connectivity index (χ4v) is 3.47. The highest BCUT2D eigenvalue weighted by molar-refractivity contribution is 5.99. The predicted molar refractivity (Wildman–Crippen MR) is 96.8 cm³/mol. The van der Waals surface area contributed by atoms with Crippen molar-refractivity contribution in [3.8, 4) is 0 Å². The van der Waals surface area contributed by atoms with Gasteiger partial charge in [-0.15, -0.1) is 24.8 Å². The standard InChI is InChI=1S/C16H18F3N3O3.2ClH/c17-16(18,19)12-9-22(8-11(12)15(24)25)14(23)10-4-3-5-20-13(10)21-6-1-2-7-21;;/h3-5,11-12H,1-2,6-9H2,(H,24,25);2*1H/t11-,12-;;/m1../s1. The molecule has 3 rings (SSSR count). The number of carbonyl (C=O) groups excluding carboxylic acids is 1. The van der Waals surface area contributed by atoms with Crippen LogP contribution in [0, 0.1) is 11.8 Å². The molecule has 1 amide bonds. The second kappa shape index (κ2) is 8.97. The van der Waals surface area contributed by atoms with Gasteiger partial charge in [0, 0.05) is 32.4 Å². The molecule has 0 aliphatic carbocycles. The van der Waals surface area contributed by atoms with Crippen LogP contribution in [0.5, 0.6) is 0 Å². The number of halogens is 5. The number of amides is 1. The van der Waals surface area contributed by atoms with Gasteiger partial charge in [-0.05, 0) is 25.0 Å². The maximum Gasteiger partial charge on any atom is 0.394 e. The second-order valence-corrected chi connectivity index (χ2v) is 6.37. The van der Waals surface area contributed by atoms with E-state index in [0.29, 0.717) is 5.82 Å². The number of aliphatic carboxylic acids is 1. The van der Waals surface area contributed by atoms with Gasteiger partial charge in [-0.1, -0.05) is 0 Å². The molecule has 0 spiro atoms. The zero-order valence-electron chi connectivity index (χ0n) is 14.2. The van der Waals surface area contributed by atoms with E-state index in [4.69, 9.17) is 5.11 Å². The van der Waals surface area contributed by atoms with Gasteiger partial charge in [-0.25, -0.2) is 4.98 Å². The first-order valence-corrected chi connectivity index (χ1v) is 8.08. The second-order valence-electron chi connectivity index (χ2n) is 6.37. The van der Waals surface area contributed by atoms with Crippen LogP contribution in [0.2, 0.25) is 0 Å². The molecule has 2 saturated heterocycles. The lowest BCUT2D eigenvalue weighted by atomic mass is 9.96. The Labute approximate surface area is 166 Å². The molecule has 0 aromatic carbocycles. The van der Waals surface area contributed by atoms with Gasteiger partial charge in [0.05, 0.1) is 17.4 Å². The van der Waals surface area contributed by atoms with Crippen LogP contribution in [0.15, 0.2) is 18.3 Å². The maximum atomic E-state index is 13.1. The molecule has 6 nitrogen and oxygen atoms in total. The van der Waals surface area contributed by atoms with E-state index in [-0.39, 0.29) is 30.4 Å². The van der Waals surface area contributed by atoms with Crippen molar-refractivity contribution in [1.82, 2.24) is 9.88 Å². The molecule has 27 heavy (non-hydrogen) atoms. The van der Waals surface area contributed by atoms with Crippen molar-refractivity contribution in [2.24, 2.45) is 11.8 Å². The molecule has 152 valence electrons. The first kappa shape index (κ1) is 23.3. The van der Waals surface area contributed by atoms with Gasteiger partial charge >= 0.3 is 12.1 Å². The van der Waals surface area contributed by atoms with Gasteiger partial charge < -0.3 is 14.9 Å². The van der Waals surface area contributed by atoms with E-state index >= 15 is 0 Å². The van der Waals surface area contributed by atoms with Gasteiger partial charge in [0.2, 0.25) is 0 Å². The Kier molecular flexibility index (Phi) is 7.74. The number of anilines is 1. The lowest BCUT2D eigenvalue weighted by molar-refractivity contribution is -0.187. The van der Waals surface area contributed by atoms with Crippen molar-refractivity contribution < 1.29 is 27.9 Å². The predicted octanol–water partition coefficient (Wildman–Crippen LogP) is 2.86. The minimum Gasteiger partial charge on any atom is -0.481 e. The number of hydrogen-bond acceptors (Lipinski definition) is 4. The Bertz CT molecular complexity index is 684. The van der Waals surface area contributed by atoms with E-state index in [1.165, 1.54) is 12.3 Å². The fraction of sp³-hybridized carbons (Fsp3) is 0.562. The van der Waals surface area contributed by atoms with Crippen molar-refractivity contribution in [3.05, 3.63) is 23.9 Å². The summed E-state index contributed by atoms with van der Waals surface area (Å²) in [7, 11) is 0. The summed E-state index contributed by atoms with van der Waals surface area (Å²) in [5.41, 5.74) is 0.219. The lowest BCUT2D eigenvalue weighted by Crippen LogP contribution is -2.34. The summed E-state index contributed by atoms with van der Waals surface area (Å²) < 4.78 is 39.3. The third-order valence-corrected chi connectivity index (χ3v) is 4.77. The highest BCUT2D eigenvalue weighted by Gasteiger charge is 2.53. The van der Waals surface area contributed by atoms with Crippen LogP contribution >= 0.6 is 24.8 Å². The molecular formula is C16H20Cl2F3N3O3. The maximum absolute atomic E-state index is 13.1. The van der Waals surface area contributed by atoms with E-state index in [1.54, 1.807) is 6.07 Å². The minimum absolute atomic E-state index is 0. The number of alkyl halides is 3. The number of pyridine rings is 1. The molecule has 1 aromatic heterocycles. The molecule has 0 unspecified atom stereocenters. The number of carboxylic acids is 1. The summed E-state index contributed by atoms with van der Waals surface area (Å²) in [6.45, 7) is 0.376. The first-order valence-electron chi connectivity index (χ1n) is 8.08. The van der Waals surface area contributed by atoms with Crippen LogP contribution in [-0.4, -0.2) is 59.2 Å². The average molecular weight is 430 g/mol. The topological polar surface area (TPSA) is 73.7 Å². The summed E-state index contributed by atoms with van der Waals surface area (Å²) in [4.78, 5) is 31.1. The number of carboxylic acid groups (broad SMARTS) is 1. The highest BCUT2D eigenvalue weighted by atomic mass is 35.5. The molecule has 2 fully saturated rings. The lowest BCUT2D eigenvalue weighted by Gasteiger charge is -2.23. The van der Waals surface area contributed by atoms with Crippen molar-refractivity contribution >= 4 is 42.5 Å². The fourth-order valence-electron chi connectivity index (χ4n) is 3.47. The number of aromatic nitrogens is 1. The molecule has 0 saturated carbocycles. The Hall–Kier alpha value is -1.74. The molecule has 11 heteroatoms. The molecule has 0 bridgehead atoms. The monoisotopic (exact) mass is 429 g/mol. The SMILES string of the molecule is Cl.Cl.O=C(O)[C@@H]1CN(C(=O)c2cccnc2N2CCCC2)C[C@H]1C(F)(F)F. The van der Waals surface area contributed by atoms with Crippen LogP contribution in [0.1, 0.15) is 23.2 Å². The highest BCUT2D eigenvalue weighted by Crippen LogP contribution is 2.38. The van der Waals surface area contributed by atoms with E-state index in [1.807, 2.05) is 4.90 Å². The number of carbonyl (C=O) groups is 2. The number of nitrogens with zero attached hydrogens (tertiary/aromatic N) is 3. The molecule has 1 N–H and O–H groups in total. The van der Waals surface area contributed by atoms with E-state index < -0.39 is 43.0 Å². The van der Waals surface area contributed by atoms with Crippen molar-refractivity contribution in [3.63, 3.8) is 0 Å². The van der Waals surface area contributed by atoms with Gasteiger partial charge in [0.15, 0.2) is 0 Å². The Morgan fingerprint density at radius 1 is 1.15 bits per heavy atom. The van der Waals surface area contributed by atoms with E-state index in [9.17, 15) is 22.8 Å². The molecular weight excluding hydrogens is 410 g/mol. The smallest absolute Gasteiger partial charge is 0.394 e. The molecule has 0 radical (unpaired) electrons. The van der Waals surface area contributed by atoms with Crippen LogP contribution in [-0.2, 0) is 4.79 Å². The zero-order valence-corrected chi connectivity index (χ0v) is 15.8.